The molecule has 0 bridgehead atoms. The van der Waals surface area contributed by atoms with Crippen LogP contribution in [0.4, 0.5) is 0 Å². The number of aromatic nitrogens is 1. The van der Waals surface area contributed by atoms with Gasteiger partial charge in [0, 0.05) is 11.6 Å². The number of benzene rings is 1. The summed E-state index contributed by atoms with van der Waals surface area (Å²) in [5.74, 6) is 5.53. The van der Waals surface area contributed by atoms with Crippen molar-refractivity contribution < 1.29 is 12.9 Å². The van der Waals surface area contributed by atoms with Crippen LogP contribution in [0, 0.1) is 11.8 Å². The Morgan fingerprint density at radius 3 is 2.60 bits per heavy atom. The third-order valence-electron chi connectivity index (χ3n) is 2.43. The van der Waals surface area contributed by atoms with Crippen molar-refractivity contribution in [1.82, 2.24) is 9.88 Å². The summed E-state index contributed by atoms with van der Waals surface area (Å²) in [6, 6.07) is 7.84. The molecule has 0 fully saturated rings. The Labute approximate surface area is 117 Å². The largest absolute Gasteiger partial charge is 0.364 e. The summed E-state index contributed by atoms with van der Waals surface area (Å²) in [4.78, 5) is 0.166. The average molecular weight is 291 g/mol. The average Bonchev–Trinajstić information content (AvgIpc) is 2.97. The van der Waals surface area contributed by atoms with Crippen LogP contribution in [0.2, 0.25) is 0 Å². The van der Waals surface area contributed by atoms with Gasteiger partial charge in [-0.1, -0.05) is 17.0 Å². The SMILES string of the molecule is NCC#Cc1ccc(S(=O)(=O)NCc2ccon2)cc1. The molecule has 0 atom stereocenters. The lowest BCUT2D eigenvalue weighted by molar-refractivity contribution is 0.411. The van der Waals surface area contributed by atoms with Gasteiger partial charge in [0.1, 0.15) is 6.26 Å². The smallest absolute Gasteiger partial charge is 0.240 e. The van der Waals surface area contributed by atoms with Crippen molar-refractivity contribution in [2.45, 2.75) is 11.4 Å². The van der Waals surface area contributed by atoms with E-state index in [9.17, 15) is 8.42 Å². The third kappa shape index (κ3) is 3.68. The highest BCUT2D eigenvalue weighted by Gasteiger charge is 2.13. The molecule has 1 aromatic carbocycles. The zero-order valence-electron chi connectivity index (χ0n) is 10.5. The molecule has 0 saturated carbocycles. The van der Waals surface area contributed by atoms with Gasteiger partial charge in [0.05, 0.1) is 23.7 Å². The number of rotatable bonds is 4. The summed E-state index contributed by atoms with van der Waals surface area (Å²) in [7, 11) is -3.58. The molecular weight excluding hydrogens is 278 g/mol. The van der Waals surface area contributed by atoms with Crippen molar-refractivity contribution >= 4 is 10.0 Å². The number of hydrogen-bond acceptors (Lipinski definition) is 5. The second kappa shape index (κ2) is 6.34. The second-order valence-electron chi connectivity index (χ2n) is 3.85. The van der Waals surface area contributed by atoms with Crippen LogP contribution in [-0.2, 0) is 16.6 Å². The Morgan fingerprint density at radius 2 is 2.00 bits per heavy atom. The molecule has 0 aliphatic heterocycles. The van der Waals surface area contributed by atoms with Gasteiger partial charge in [-0.25, -0.2) is 13.1 Å². The molecule has 0 spiro atoms. The van der Waals surface area contributed by atoms with E-state index in [1.807, 2.05) is 0 Å². The molecule has 0 saturated heterocycles. The lowest BCUT2D eigenvalue weighted by Gasteiger charge is -2.05. The van der Waals surface area contributed by atoms with E-state index in [-0.39, 0.29) is 18.0 Å². The van der Waals surface area contributed by atoms with E-state index in [1.54, 1.807) is 18.2 Å². The van der Waals surface area contributed by atoms with Gasteiger partial charge in [0.2, 0.25) is 10.0 Å². The van der Waals surface area contributed by atoms with E-state index >= 15 is 0 Å². The van der Waals surface area contributed by atoms with Crippen molar-refractivity contribution in [3.8, 4) is 11.8 Å². The van der Waals surface area contributed by atoms with Gasteiger partial charge in [0.25, 0.3) is 0 Å². The van der Waals surface area contributed by atoms with E-state index < -0.39 is 10.0 Å². The highest BCUT2D eigenvalue weighted by atomic mass is 32.2. The van der Waals surface area contributed by atoms with Crippen molar-refractivity contribution in [3.05, 3.63) is 47.9 Å². The Hall–Kier alpha value is -2.14. The molecule has 6 nitrogen and oxygen atoms in total. The van der Waals surface area contributed by atoms with E-state index in [1.165, 1.54) is 18.4 Å². The van der Waals surface area contributed by atoms with Gasteiger partial charge in [-0.05, 0) is 24.3 Å². The highest BCUT2D eigenvalue weighted by molar-refractivity contribution is 7.89. The molecule has 2 aromatic rings. The highest BCUT2D eigenvalue weighted by Crippen LogP contribution is 2.10. The first-order valence-electron chi connectivity index (χ1n) is 5.80. The van der Waals surface area contributed by atoms with Gasteiger partial charge in [-0.15, -0.1) is 0 Å². The normalized spacial score (nSPS) is 10.8. The van der Waals surface area contributed by atoms with Crippen LogP contribution < -0.4 is 10.5 Å². The van der Waals surface area contributed by atoms with Crippen LogP contribution in [0.15, 0.2) is 46.0 Å². The van der Waals surface area contributed by atoms with Crippen molar-refractivity contribution in [2.75, 3.05) is 6.54 Å². The van der Waals surface area contributed by atoms with E-state index in [0.717, 1.165) is 0 Å². The summed E-state index contributed by atoms with van der Waals surface area (Å²) in [6.07, 6.45) is 1.38. The topological polar surface area (TPSA) is 98.2 Å². The van der Waals surface area contributed by atoms with E-state index in [4.69, 9.17) is 5.73 Å². The summed E-state index contributed by atoms with van der Waals surface area (Å²) in [6.45, 7) is 0.340. The van der Waals surface area contributed by atoms with Gasteiger partial charge in [0.15, 0.2) is 0 Å². The molecule has 0 aliphatic carbocycles. The molecule has 0 unspecified atom stereocenters. The lowest BCUT2D eigenvalue weighted by atomic mass is 10.2. The third-order valence-corrected chi connectivity index (χ3v) is 3.85. The summed E-state index contributed by atoms with van der Waals surface area (Å²) in [5.41, 5.74) is 6.50. The minimum atomic E-state index is -3.58. The van der Waals surface area contributed by atoms with Crippen molar-refractivity contribution in [3.63, 3.8) is 0 Å². The molecule has 0 radical (unpaired) electrons. The van der Waals surface area contributed by atoms with Crippen molar-refractivity contribution in [2.24, 2.45) is 5.73 Å². The van der Waals surface area contributed by atoms with Gasteiger partial charge < -0.3 is 10.3 Å². The molecule has 1 aromatic heterocycles. The molecule has 1 heterocycles. The first-order valence-corrected chi connectivity index (χ1v) is 7.28. The maximum atomic E-state index is 12.0. The monoisotopic (exact) mass is 291 g/mol. The van der Waals surface area contributed by atoms with Crippen LogP contribution in [0.25, 0.3) is 0 Å². The molecule has 2 rings (SSSR count). The number of sulfonamides is 1. The second-order valence-corrected chi connectivity index (χ2v) is 5.61. The fourth-order valence-electron chi connectivity index (χ4n) is 1.45. The Bertz CT molecular complexity index is 710. The Kier molecular flexibility index (Phi) is 4.53. The number of nitrogens with two attached hydrogens (primary N) is 1. The minimum absolute atomic E-state index is 0.0769. The fourth-order valence-corrected chi connectivity index (χ4v) is 2.45. The minimum Gasteiger partial charge on any atom is -0.364 e. The van der Waals surface area contributed by atoms with Crippen LogP contribution >= 0.6 is 0 Å². The maximum Gasteiger partial charge on any atom is 0.240 e. The standard InChI is InChI=1S/C13H13N3O3S/c14-8-1-2-11-3-5-13(6-4-11)20(17,18)15-10-12-7-9-19-16-12/h3-7,9,15H,8,10,14H2. The molecule has 104 valence electrons. The van der Waals surface area contributed by atoms with Gasteiger partial charge in [-0.2, -0.15) is 0 Å². The van der Waals surface area contributed by atoms with Crippen LogP contribution in [0.3, 0.4) is 0 Å². The number of hydrogen-bond donors (Lipinski definition) is 2. The van der Waals surface area contributed by atoms with E-state index in [2.05, 4.69) is 26.2 Å². The first-order chi connectivity index (χ1) is 9.62. The number of nitrogens with zero attached hydrogens (tertiary/aromatic N) is 1. The molecule has 0 aliphatic rings. The predicted octanol–water partition coefficient (Wildman–Crippen LogP) is 0.463. The van der Waals surface area contributed by atoms with Gasteiger partial charge in [-0.3, -0.25) is 0 Å². The van der Waals surface area contributed by atoms with Gasteiger partial charge >= 0.3 is 0 Å². The van der Waals surface area contributed by atoms with Crippen molar-refractivity contribution in [1.29, 1.82) is 0 Å². The maximum absolute atomic E-state index is 12.0. The molecule has 3 N–H and O–H groups in total. The van der Waals surface area contributed by atoms with Crippen LogP contribution in [-0.4, -0.2) is 20.1 Å². The Balaban J connectivity index is 2.09. The molecule has 7 heteroatoms. The molecule has 20 heavy (non-hydrogen) atoms. The predicted molar refractivity (Wildman–Crippen MR) is 72.9 cm³/mol. The lowest BCUT2D eigenvalue weighted by Crippen LogP contribution is -2.23. The van der Waals surface area contributed by atoms with E-state index in [0.29, 0.717) is 11.3 Å². The quantitative estimate of drug-likeness (QED) is 0.798. The molecule has 0 amide bonds. The summed E-state index contributed by atoms with van der Waals surface area (Å²) in [5, 5.41) is 3.63. The number of nitrogens with one attached hydrogen (secondary N) is 1. The van der Waals surface area contributed by atoms with Crippen LogP contribution in [0.1, 0.15) is 11.3 Å². The molecular formula is C13H13N3O3S. The van der Waals surface area contributed by atoms with Crippen LogP contribution in [0.5, 0.6) is 0 Å². The first kappa shape index (κ1) is 14.3. The summed E-state index contributed by atoms with van der Waals surface area (Å²) < 4.78 is 31.1. The fraction of sp³-hybridized carbons (Fsp3) is 0.154. The zero-order chi connectivity index (χ0) is 14.4. The Morgan fingerprint density at radius 1 is 1.25 bits per heavy atom. The summed E-state index contributed by atoms with van der Waals surface area (Å²) >= 11 is 0. The zero-order valence-corrected chi connectivity index (χ0v) is 11.4.